The zero-order valence-electron chi connectivity index (χ0n) is 12.5. The van der Waals surface area contributed by atoms with Crippen LogP contribution in [0.1, 0.15) is 23.8 Å². The standard InChI is InChI=1S/C14H23N5O/c1-4-15-13-6-5-12(16-17-13)14(20)19(3)10-11-7-8-18(2)9-11/h5-6,11H,4,7-10H2,1-3H3,(H,15,17). The Morgan fingerprint density at radius 2 is 2.30 bits per heavy atom. The number of rotatable bonds is 5. The molecule has 6 nitrogen and oxygen atoms in total. The SMILES string of the molecule is CCNc1ccc(C(=O)N(C)CC2CCN(C)C2)nn1. The van der Waals surface area contributed by atoms with Crippen molar-refractivity contribution in [1.82, 2.24) is 20.0 Å². The lowest BCUT2D eigenvalue weighted by atomic mass is 10.1. The zero-order chi connectivity index (χ0) is 14.5. The highest BCUT2D eigenvalue weighted by atomic mass is 16.2. The van der Waals surface area contributed by atoms with E-state index < -0.39 is 0 Å². The number of anilines is 1. The van der Waals surface area contributed by atoms with Crippen molar-refractivity contribution in [3.8, 4) is 0 Å². The maximum absolute atomic E-state index is 12.3. The van der Waals surface area contributed by atoms with Gasteiger partial charge >= 0.3 is 0 Å². The van der Waals surface area contributed by atoms with E-state index in [2.05, 4.69) is 27.5 Å². The van der Waals surface area contributed by atoms with Gasteiger partial charge in [-0.25, -0.2) is 0 Å². The second-order valence-corrected chi connectivity index (χ2v) is 5.44. The first-order valence-corrected chi connectivity index (χ1v) is 7.11. The van der Waals surface area contributed by atoms with Crippen LogP contribution >= 0.6 is 0 Å². The predicted octanol–water partition coefficient (Wildman–Crippen LogP) is 0.932. The van der Waals surface area contributed by atoms with Crippen LogP contribution in [0.3, 0.4) is 0 Å². The molecule has 0 bridgehead atoms. The van der Waals surface area contributed by atoms with Gasteiger partial charge in [0.05, 0.1) is 0 Å². The summed E-state index contributed by atoms with van der Waals surface area (Å²) in [6.45, 7) is 5.73. The summed E-state index contributed by atoms with van der Waals surface area (Å²) >= 11 is 0. The molecule has 1 aromatic rings. The third-order valence-electron chi connectivity index (χ3n) is 3.61. The van der Waals surface area contributed by atoms with E-state index in [9.17, 15) is 4.79 Å². The minimum absolute atomic E-state index is 0.0601. The number of hydrogen-bond acceptors (Lipinski definition) is 5. The molecule has 0 aromatic carbocycles. The van der Waals surface area contributed by atoms with Crippen LogP contribution < -0.4 is 5.32 Å². The molecule has 0 spiro atoms. The highest BCUT2D eigenvalue weighted by Crippen LogP contribution is 2.16. The fourth-order valence-corrected chi connectivity index (χ4v) is 2.56. The molecule has 110 valence electrons. The van der Waals surface area contributed by atoms with E-state index in [1.165, 1.54) is 0 Å². The Balaban J connectivity index is 1.92. The number of carbonyl (C=O) groups excluding carboxylic acids is 1. The van der Waals surface area contributed by atoms with Gasteiger partial charge in [-0.1, -0.05) is 0 Å². The van der Waals surface area contributed by atoms with Crippen LogP contribution in [0.2, 0.25) is 0 Å². The van der Waals surface area contributed by atoms with E-state index in [0.717, 1.165) is 32.6 Å². The van der Waals surface area contributed by atoms with Crippen LogP contribution in [0.15, 0.2) is 12.1 Å². The molecule has 1 fully saturated rings. The summed E-state index contributed by atoms with van der Waals surface area (Å²) in [5.74, 6) is 1.20. The van der Waals surface area contributed by atoms with Gasteiger partial charge in [-0.15, -0.1) is 10.2 Å². The molecule has 1 saturated heterocycles. The Kier molecular flexibility index (Phi) is 4.89. The number of nitrogens with zero attached hydrogens (tertiary/aromatic N) is 4. The molecule has 20 heavy (non-hydrogen) atoms. The van der Waals surface area contributed by atoms with Crippen molar-refractivity contribution in [1.29, 1.82) is 0 Å². The Morgan fingerprint density at radius 1 is 1.50 bits per heavy atom. The van der Waals surface area contributed by atoms with Crippen LogP contribution in [-0.4, -0.2) is 66.2 Å². The quantitative estimate of drug-likeness (QED) is 0.867. The van der Waals surface area contributed by atoms with E-state index in [4.69, 9.17) is 0 Å². The van der Waals surface area contributed by atoms with Crippen molar-refractivity contribution in [2.75, 3.05) is 45.6 Å². The van der Waals surface area contributed by atoms with E-state index in [-0.39, 0.29) is 5.91 Å². The van der Waals surface area contributed by atoms with Gasteiger partial charge in [-0.3, -0.25) is 4.79 Å². The first-order chi connectivity index (χ1) is 9.60. The van der Waals surface area contributed by atoms with Crippen LogP contribution in [0.4, 0.5) is 5.82 Å². The minimum Gasteiger partial charge on any atom is -0.369 e. The van der Waals surface area contributed by atoms with Crippen LogP contribution in [-0.2, 0) is 0 Å². The van der Waals surface area contributed by atoms with E-state index in [0.29, 0.717) is 17.4 Å². The van der Waals surface area contributed by atoms with Crippen molar-refractivity contribution >= 4 is 11.7 Å². The lowest BCUT2D eigenvalue weighted by Gasteiger charge is -2.20. The molecule has 2 heterocycles. The molecule has 1 aliphatic rings. The highest BCUT2D eigenvalue weighted by Gasteiger charge is 2.23. The van der Waals surface area contributed by atoms with Crippen molar-refractivity contribution in [2.24, 2.45) is 5.92 Å². The Morgan fingerprint density at radius 3 is 2.85 bits per heavy atom. The molecule has 6 heteroatoms. The maximum atomic E-state index is 12.3. The summed E-state index contributed by atoms with van der Waals surface area (Å²) in [6, 6.07) is 3.52. The van der Waals surface area contributed by atoms with E-state index in [1.807, 2.05) is 14.0 Å². The predicted molar refractivity (Wildman–Crippen MR) is 78.8 cm³/mol. The van der Waals surface area contributed by atoms with Gasteiger partial charge < -0.3 is 15.1 Å². The average molecular weight is 277 g/mol. The van der Waals surface area contributed by atoms with Crippen molar-refractivity contribution in [3.05, 3.63) is 17.8 Å². The van der Waals surface area contributed by atoms with Crippen molar-refractivity contribution < 1.29 is 4.79 Å². The third kappa shape index (κ3) is 3.66. The monoisotopic (exact) mass is 277 g/mol. The molecule has 2 rings (SSSR count). The van der Waals surface area contributed by atoms with Crippen molar-refractivity contribution in [3.63, 3.8) is 0 Å². The fraction of sp³-hybridized carbons (Fsp3) is 0.643. The molecule has 1 unspecified atom stereocenters. The Hall–Kier alpha value is -1.69. The molecular weight excluding hydrogens is 254 g/mol. The van der Waals surface area contributed by atoms with Gasteiger partial charge in [0.2, 0.25) is 0 Å². The van der Waals surface area contributed by atoms with Crippen LogP contribution in [0.5, 0.6) is 0 Å². The number of carbonyl (C=O) groups is 1. The largest absolute Gasteiger partial charge is 0.369 e. The van der Waals surface area contributed by atoms with E-state index in [1.54, 1.807) is 17.0 Å². The molecule has 0 saturated carbocycles. The third-order valence-corrected chi connectivity index (χ3v) is 3.61. The average Bonchev–Trinajstić information content (AvgIpc) is 2.84. The lowest BCUT2D eigenvalue weighted by Crippen LogP contribution is -2.33. The van der Waals surface area contributed by atoms with Gasteiger partial charge in [0.15, 0.2) is 5.69 Å². The summed E-state index contributed by atoms with van der Waals surface area (Å²) < 4.78 is 0. The van der Waals surface area contributed by atoms with Gasteiger partial charge in [0.1, 0.15) is 5.82 Å². The van der Waals surface area contributed by atoms with Gasteiger partial charge in [0.25, 0.3) is 5.91 Å². The molecule has 1 aromatic heterocycles. The summed E-state index contributed by atoms with van der Waals surface area (Å²) in [7, 11) is 3.95. The smallest absolute Gasteiger partial charge is 0.274 e. The minimum atomic E-state index is -0.0601. The second-order valence-electron chi connectivity index (χ2n) is 5.44. The Bertz CT molecular complexity index is 447. The summed E-state index contributed by atoms with van der Waals surface area (Å²) in [5.41, 5.74) is 0.403. The van der Waals surface area contributed by atoms with Gasteiger partial charge in [-0.2, -0.15) is 0 Å². The number of aromatic nitrogens is 2. The number of nitrogens with one attached hydrogen (secondary N) is 1. The van der Waals surface area contributed by atoms with Crippen molar-refractivity contribution in [2.45, 2.75) is 13.3 Å². The van der Waals surface area contributed by atoms with Crippen LogP contribution in [0.25, 0.3) is 0 Å². The number of amides is 1. The molecule has 1 atom stereocenters. The first kappa shape index (κ1) is 14.7. The maximum Gasteiger partial charge on any atom is 0.274 e. The summed E-state index contributed by atoms with van der Waals surface area (Å²) in [5, 5.41) is 11.1. The summed E-state index contributed by atoms with van der Waals surface area (Å²) in [6.07, 6.45) is 1.15. The molecule has 1 aliphatic heterocycles. The molecule has 0 aliphatic carbocycles. The number of hydrogen-bond donors (Lipinski definition) is 1. The second kappa shape index (κ2) is 6.65. The molecule has 0 radical (unpaired) electrons. The fourth-order valence-electron chi connectivity index (χ4n) is 2.56. The number of likely N-dealkylation sites (tertiary alicyclic amines) is 1. The van der Waals surface area contributed by atoms with E-state index >= 15 is 0 Å². The molecular formula is C14H23N5O. The first-order valence-electron chi connectivity index (χ1n) is 7.11. The Labute approximate surface area is 120 Å². The highest BCUT2D eigenvalue weighted by molar-refractivity contribution is 5.92. The topological polar surface area (TPSA) is 61.4 Å². The van der Waals surface area contributed by atoms with Crippen LogP contribution in [0, 0.1) is 5.92 Å². The summed E-state index contributed by atoms with van der Waals surface area (Å²) in [4.78, 5) is 16.3. The zero-order valence-corrected chi connectivity index (χ0v) is 12.5. The molecule has 1 amide bonds. The molecule has 1 N–H and O–H groups in total. The lowest BCUT2D eigenvalue weighted by molar-refractivity contribution is 0.0767. The van der Waals surface area contributed by atoms with Gasteiger partial charge in [0, 0.05) is 26.7 Å². The van der Waals surface area contributed by atoms with Gasteiger partial charge in [-0.05, 0) is 45.0 Å². The normalized spacial score (nSPS) is 19.1.